The Kier molecular flexibility index (Phi) is 3.86. The summed E-state index contributed by atoms with van der Waals surface area (Å²) in [4.78, 5) is 4.42. The molecule has 2 rings (SSSR count). The van der Waals surface area contributed by atoms with E-state index in [1.54, 1.807) is 0 Å². The summed E-state index contributed by atoms with van der Waals surface area (Å²) in [7, 11) is 0. The zero-order chi connectivity index (χ0) is 11.4. The summed E-state index contributed by atoms with van der Waals surface area (Å²) in [5, 5.41) is 3.57. The van der Waals surface area contributed by atoms with Gasteiger partial charge in [-0.3, -0.25) is 0 Å². The highest BCUT2D eigenvalue weighted by atomic mass is 15.2. The Bertz CT molecular complexity index is 313. The maximum Gasteiger partial charge on any atom is 0.202 e. The van der Waals surface area contributed by atoms with E-state index in [1.165, 1.54) is 32.1 Å². The molecular weight excluding hydrogens is 198 g/mol. The minimum Gasteiger partial charge on any atom is -0.353 e. The molecule has 1 N–H and O–H groups in total. The number of nitrogens with zero attached hydrogens (tertiary/aromatic N) is 2. The van der Waals surface area contributed by atoms with Gasteiger partial charge in [0, 0.05) is 25.0 Å². The summed E-state index contributed by atoms with van der Waals surface area (Å²) in [5.41, 5.74) is 0. The van der Waals surface area contributed by atoms with Gasteiger partial charge in [0.05, 0.1) is 0 Å². The Hall–Kier alpha value is -0.990. The van der Waals surface area contributed by atoms with Gasteiger partial charge in [-0.1, -0.05) is 33.1 Å². The Labute approximate surface area is 98.3 Å². The molecule has 0 aromatic carbocycles. The van der Waals surface area contributed by atoms with Gasteiger partial charge in [0.15, 0.2) is 0 Å². The van der Waals surface area contributed by atoms with Crippen molar-refractivity contribution in [3.63, 3.8) is 0 Å². The third kappa shape index (κ3) is 2.77. The van der Waals surface area contributed by atoms with E-state index < -0.39 is 0 Å². The molecule has 3 heteroatoms. The fourth-order valence-electron chi connectivity index (χ4n) is 2.31. The molecule has 0 aliphatic heterocycles. The largest absolute Gasteiger partial charge is 0.353 e. The van der Waals surface area contributed by atoms with E-state index in [1.807, 2.05) is 6.20 Å². The summed E-state index contributed by atoms with van der Waals surface area (Å²) in [6, 6.07) is 0.651. The molecule has 1 heterocycles. The van der Waals surface area contributed by atoms with E-state index in [0.717, 1.165) is 18.4 Å². The standard InChI is InChI=1S/C13H23N3/c1-3-11(2)10-16-9-8-14-13(16)15-12-6-4-5-7-12/h8-9,11-12H,3-7,10H2,1-2H3,(H,14,15). The van der Waals surface area contributed by atoms with E-state index in [-0.39, 0.29) is 0 Å². The van der Waals surface area contributed by atoms with Gasteiger partial charge in [-0.2, -0.15) is 0 Å². The van der Waals surface area contributed by atoms with Crippen LogP contribution >= 0.6 is 0 Å². The van der Waals surface area contributed by atoms with Crippen molar-refractivity contribution in [1.82, 2.24) is 9.55 Å². The van der Waals surface area contributed by atoms with E-state index in [4.69, 9.17) is 0 Å². The lowest BCUT2D eigenvalue weighted by molar-refractivity contribution is 0.470. The molecule has 0 spiro atoms. The van der Waals surface area contributed by atoms with Crippen LogP contribution in [0.3, 0.4) is 0 Å². The molecule has 0 radical (unpaired) electrons. The molecule has 1 atom stereocenters. The number of nitrogens with one attached hydrogen (secondary N) is 1. The first-order chi connectivity index (χ1) is 7.79. The van der Waals surface area contributed by atoms with Crippen LogP contribution in [0.2, 0.25) is 0 Å². The molecule has 1 aliphatic rings. The fourth-order valence-corrected chi connectivity index (χ4v) is 2.31. The normalized spacial score (nSPS) is 18.9. The van der Waals surface area contributed by atoms with Gasteiger partial charge in [-0.25, -0.2) is 4.98 Å². The molecular formula is C13H23N3. The zero-order valence-electron chi connectivity index (χ0n) is 10.4. The third-order valence-electron chi connectivity index (χ3n) is 3.61. The molecule has 0 amide bonds. The van der Waals surface area contributed by atoms with Crippen molar-refractivity contribution < 1.29 is 0 Å². The molecule has 0 bridgehead atoms. The number of hydrogen-bond acceptors (Lipinski definition) is 2. The van der Waals surface area contributed by atoms with Crippen molar-refractivity contribution >= 4 is 5.95 Å². The summed E-state index contributed by atoms with van der Waals surface area (Å²) < 4.78 is 2.26. The third-order valence-corrected chi connectivity index (χ3v) is 3.61. The van der Waals surface area contributed by atoms with Crippen LogP contribution in [-0.4, -0.2) is 15.6 Å². The average Bonchev–Trinajstić information content (AvgIpc) is 2.92. The first-order valence-electron chi connectivity index (χ1n) is 6.57. The Morgan fingerprint density at radius 2 is 2.25 bits per heavy atom. The van der Waals surface area contributed by atoms with Crippen LogP contribution in [0.25, 0.3) is 0 Å². The number of hydrogen-bond donors (Lipinski definition) is 1. The lowest BCUT2D eigenvalue weighted by Gasteiger charge is -2.16. The minimum absolute atomic E-state index is 0.651. The monoisotopic (exact) mass is 221 g/mol. The van der Waals surface area contributed by atoms with Crippen LogP contribution in [0.1, 0.15) is 46.0 Å². The molecule has 1 fully saturated rings. The molecule has 16 heavy (non-hydrogen) atoms. The van der Waals surface area contributed by atoms with E-state index in [9.17, 15) is 0 Å². The molecule has 1 unspecified atom stereocenters. The van der Waals surface area contributed by atoms with Crippen LogP contribution in [0.4, 0.5) is 5.95 Å². The minimum atomic E-state index is 0.651. The highest BCUT2D eigenvalue weighted by Crippen LogP contribution is 2.22. The van der Waals surface area contributed by atoms with Crippen LogP contribution in [0.15, 0.2) is 12.4 Å². The van der Waals surface area contributed by atoms with Crippen molar-refractivity contribution in [2.24, 2.45) is 5.92 Å². The van der Waals surface area contributed by atoms with Crippen LogP contribution in [0.5, 0.6) is 0 Å². The first kappa shape index (κ1) is 11.5. The van der Waals surface area contributed by atoms with Gasteiger partial charge >= 0.3 is 0 Å². The molecule has 90 valence electrons. The number of rotatable bonds is 5. The van der Waals surface area contributed by atoms with Crippen LogP contribution < -0.4 is 5.32 Å². The van der Waals surface area contributed by atoms with E-state index >= 15 is 0 Å². The van der Waals surface area contributed by atoms with Crippen molar-refractivity contribution in [2.45, 2.75) is 58.5 Å². The predicted molar refractivity (Wildman–Crippen MR) is 67.6 cm³/mol. The van der Waals surface area contributed by atoms with Gasteiger partial charge in [0.2, 0.25) is 5.95 Å². The summed E-state index contributed by atoms with van der Waals surface area (Å²) >= 11 is 0. The number of anilines is 1. The Morgan fingerprint density at radius 1 is 1.50 bits per heavy atom. The molecule has 3 nitrogen and oxygen atoms in total. The quantitative estimate of drug-likeness (QED) is 0.827. The van der Waals surface area contributed by atoms with Crippen LogP contribution in [-0.2, 0) is 6.54 Å². The summed E-state index contributed by atoms with van der Waals surface area (Å²) in [6.07, 6.45) is 10.5. The number of imidazole rings is 1. The average molecular weight is 221 g/mol. The smallest absolute Gasteiger partial charge is 0.202 e. The highest BCUT2D eigenvalue weighted by molar-refractivity contribution is 5.27. The maximum absolute atomic E-state index is 4.42. The highest BCUT2D eigenvalue weighted by Gasteiger charge is 2.16. The van der Waals surface area contributed by atoms with Crippen molar-refractivity contribution in [1.29, 1.82) is 0 Å². The fraction of sp³-hybridized carbons (Fsp3) is 0.769. The Morgan fingerprint density at radius 3 is 2.94 bits per heavy atom. The summed E-state index contributed by atoms with van der Waals surface area (Å²) in [5.74, 6) is 1.78. The van der Waals surface area contributed by atoms with E-state index in [0.29, 0.717) is 6.04 Å². The topological polar surface area (TPSA) is 29.9 Å². The van der Waals surface area contributed by atoms with Crippen molar-refractivity contribution in [3.05, 3.63) is 12.4 Å². The van der Waals surface area contributed by atoms with Gasteiger partial charge in [-0.05, 0) is 18.8 Å². The van der Waals surface area contributed by atoms with Gasteiger partial charge < -0.3 is 9.88 Å². The van der Waals surface area contributed by atoms with Gasteiger partial charge in [-0.15, -0.1) is 0 Å². The predicted octanol–water partition coefficient (Wildman–Crippen LogP) is 3.28. The second-order valence-corrected chi connectivity index (χ2v) is 5.04. The molecule has 1 aliphatic carbocycles. The SMILES string of the molecule is CCC(C)Cn1ccnc1NC1CCCC1. The molecule has 1 aromatic heterocycles. The molecule has 0 saturated heterocycles. The summed E-state index contributed by atoms with van der Waals surface area (Å²) in [6.45, 7) is 5.61. The molecule has 1 aromatic rings. The lowest BCUT2D eigenvalue weighted by atomic mass is 10.1. The molecule has 1 saturated carbocycles. The zero-order valence-corrected chi connectivity index (χ0v) is 10.4. The first-order valence-corrected chi connectivity index (χ1v) is 6.57. The second kappa shape index (κ2) is 5.37. The van der Waals surface area contributed by atoms with Crippen molar-refractivity contribution in [3.8, 4) is 0 Å². The second-order valence-electron chi connectivity index (χ2n) is 5.04. The van der Waals surface area contributed by atoms with Gasteiger partial charge in [0.1, 0.15) is 0 Å². The lowest BCUT2D eigenvalue weighted by Crippen LogP contribution is -2.19. The van der Waals surface area contributed by atoms with Crippen LogP contribution in [0, 0.1) is 5.92 Å². The Balaban J connectivity index is 1.95. The van der Waals surface area contributed by atoms with E-state index in [2.05, 4.69) is 34.9 Å². The van der Waals surface area contributed by atoms with Gasteiger partial charge in [0.25, 0.3) is 0 Å². The van der Waals surface area contributed by atoms with Crippen molar-refractivity contribution in [2.75, 3.05) is 5.32 Å². The number of aromatic nitrogens is 2. The maximum atomic E-state index is 4.42.